The molecule has 0 saturated carbocycles. The summed E-state index contributed by atoms with van der Waals surface area (Å²) in [5, 5.41) is 0. The number of ether oxygens (including phenoxy) is 2. The third-order valence-corrected chi connectivity index (χ3v) is 3.43. The van der Waals surface area contributed by atoms with Crippen molar-refractivity contribution < 1.29 is 9.47 Å². The molecule has 1 aliphatic heterocycles. The molecule has 5 nitrogen and oxygen atoms in total. The molecule has 0 fully saturated rings. The normalized spacial score (nSPS) is 13.9. The summed E-state index contributed by atoms with van der Waals surface area (Å²) in [7, 11) is 0. The Morgan fingerprint density at radius 2 is 1.80 bits per heavy atom. The van der Waals surface area contributed by atoms with Crippen LogP contribution in [0.5, 0.6) is 11.5 Å². The lowest BCUT2D eigenvalue weighted by molar-refractivity contribution is 0.297. The van der Waals surface area contributed by atoms with Crippen LogP contribution in [0.1, 0.15) is 17.7 Å². The zero-order valence-corrected chi connectivity index (χ0v) is 11.6. The van der Waals surface area contributed by atoms with Gasteiger partial charge in [-0.25, -0.2) is 9.97 Å². The van der Waals surface area contributed by atoms with Crippen molar-refractivity contribution in [3.63, 3.8) is 0 Å². The van der Waals surface area contributed by atoms with Crippen molar-refractivity contribution in [1.82, 2.24) is 9.97 Å². The monoisotopic (exact) mass is 271 g/mol. The van der Waals surface area contributed by atoms with E-state index in [9.17, 15) is 0 Å². The summed E-state index contributed by atoms with van der Waals surface area (Å²) >= 11 is 0. The fourth-order valence-electron chi connectivity index (χ4n) is 2.08. The average Bonchev–Trinajstić information content (AvgIpc) is 2.68. The van der Waals surface area contributed by atoms with Gasteiger partial charge in [-0.05, 0) is 32.0 Å². The number of aryl methyl sites for hydroxylation is 1. The Balaban J connectivity index is 2.04. The summed E-state index contributed by atoms with van der Waals surface area (Å²) in [4.78, 5) is 8.84. The number of nitrogen functional groups attached to an aromatic ring is 1. The maximum atomic E-state index is 5.91. The van der Waals surface area contributed by atoms with E-state index < -0.39 is 0 Å². The summed E-state index contributed by atoms with van der Waals surface area (Å²) in [6.07, 6.45) is 0.886. The first-order chi connectivity index (χ1) is 9.65. The van der Waals surface area contributed by atoms with Crippen LogP contribution in [-0.4, -0.2) is 23.2 Å². The second-order valence-electron chi connectivity index (χ2n) is 4.85. The number of fused-ring (bicyclic) bond motifs is 1. The topological polar surface area (TPSA) is 70.3 Å². The van der Waals surface area contributed by atoms with Crippen molar-refractivity contribution >= 4 is 5.82 Å². The molecule has 0 atom stereocenters. The molecule has 0 saturated heterocycles. The highest BCUT2D eigenvalue weighted by atomic mass is 16.5. The fraction of sp³-hybridized carbons (Fsp3) is 0.333. The molecule has 2 aromatic rings. The van der Waals surface area contributed by atoms with Gasteiger partial charge in [0.25, 0.3) is 0 Å². The summed E-state index contributed by atoms with van der Waals surface area (Å²) in [5.41, 5.74) is 8.60. The van der Waals surface area contributed by atoms with Gasteiger partial charge in [0.1, 0.15) is 5.82 Å². The van der Waals surface area contributed by atoms with Gasteiger partial charge in [0.2, 0.25) is 0 Å². The molecule has 3 rings (SSSR count). The third kappa shape index (κ3) is 2.27. The van der Waals surface area contributed by atoms with Crippen molar-refractivity contribution in [2.75, 3.05) is 18.9 Å². The first-order valence-corrected chi connectivity index (χ1v) is 6.66. The predicted molar refractivity (Wildman–Crippen MR) is 77.0 cm³/mol. The second kappa shape index (κ2) is 5.00. The Morgan fingerprint density at radius 1 is 1.05 bits per heavy atom. The van der Waals surface area contributed by atoms with Gasteiger partial charge in [0.15, 0.2) is 17.3 Å². The van der Waals surface area contributed by atoms with E-state index in [0.29, 0.717) is 24.9 Å². The SMILES string of the molecule is Cc1nc(-c2ccc3c(c2)OCCCO3)nc(N)c1C. The lowest BCUT2D eigenvalue weighted by atomic mass is 10.1. The molecule has 1 aliphatic rings. The number of hydrogen-bond donors (Lipinski definition) is 1. The van der Waals surface area contributed by atoms with E-state index in [0.717, 1.165) is 34.7 Å². The van der Waals surface area contributed by atoms with E-state index in [1.54, 1.807) is 0 Å². The van der Waals surface area contributed by atoms with Crippen LogP contribution < -0.4 is 15.2 Å². The number of nitrogens with two attached hydrogens (primary N) is 1. The van der Waals surface area contributed by atoms with E-state index in [-0.39, 0.29) is 0 Å². The maximum Gasteiger partial charge on any atom is 0.161 e. The van der Waals surface area contributed by atoms with Crippen molar-refractivity contribution in [2.45, 2.75) is 20.3 Å². The van der Waals surface area contributed by atoms with Crippen LogP contribution in [0.3, 0.4) is 0 Å². The zero-order valence-electron chi connectivity index (χ0n) is 11.6. The molecular formula is C15H17N3O2. The first kappa shape index (κ1) is 12.7. The zero-order chi connectivity index (χ0) is 14.1. The minimum atomic E-state index is 0.514. The molecule has 0 bridgehead atoms. The molecule has 5 heteroatoms. The molecule has 0 spiro atoms. The summed E-state index contributed by atoms with van der Waals surface area (Å²) in [6.45, 7) is 5.19. The molecule has 1 aromatic heterocycles. The lowest BCUT2D eigenvalue weighted by Crippen LogP contribution is -2.02. The van der Waals surface area contributed by atoms with Gasteiger partial charge in [-0.2, -0.15) is 0 Å². The Kier molecular flexibility index (Phi) is 3.18. The van der Waals surface area contributed by atoms with E-state index in [2.05, 4.69) is 9.97 Å². The molecule has 0 radical (unpaired) electrons. The Hall–Kier alpha value is -2.30. The van der Waals surface area contributed by atoms with E-state index in [1.165, 1.54) is 0 Å². The number of hydrogen-bond acceptors (Lipinski definition) is 5. The molecular weight excluding hydrogens is 254 g/mol. The van der Waals surface area contributed by atoms with Crippen LogP contribution in [0.25, 0.3) is 11.4 Å². The largest absolute Gasteiger partial charge is 0.490 e. The first-order valence-electron chi connectivity index (χ1n) is 6.66. The average molecular weight is 271 g/mol. The number of anilines is 1. The van der Waals surface area contributed by atoms with Gasteiger partial charge in [0, 0.05) is 23.2 Å². The van der Waals surface area contributed by atoms with E-state index >= 15 is 0 Å². The van der Waals surface area contributed by atoms with Gasteiger partial charge in [-0.15, -0.1) is 0 Å². The molecule has 20 heavy (non-hydrogen) atoms. The van der Waals surface area contributed by atoms with Crippen LogP contribution >= 0.6 is 0 Å². The quantitative estimate of drug-likeness (QED) is 0.863. The van der Waals surface area contributed by atoms with Crippen LogP contribution in [0.2, 0.25) is 0 Å². The Morgan fingerprint density at radius 3 is 2.55 bits per heavy atom. The van der Waals surface area contributed by atoms with Crippen molar-refractivity contribution in [2.24, 2.45) is 0 Å². The van der Waals surface area contributed by atoms with Gasteiger partial charge >= 0.3 is 0 Å². The Bertz CT molecular complexity index is 633. The van der Waals surface area contributed by atoms with Crippen LogP contribution in [0.4, 0.5) is 5.82 Å². The highest BCUT2D eigenvalue weighted by Gasteiger charge is 2.13. The van der Waals surface area contributed by atoms with E-state index in [1.807, 2.05) is 32.0 Å². The number of aromatic nitrogens is 2. The van der Waals surface area contributed by atoms with E-state index in [4.69, 9.17) is 15.2 Å². The lowest BCUT2D eigenvalue weighted by Gasteiger charge is -2.10. The fourth-order valence-corrected chi connectivity index (χ4v) is 2.08. The number of rotatable bonds is 1. The number of benzene rings is 1. The van der Waals surface area contributed by atoms with Crippen LogP contribution in [0, 0.1) is 13.8 Å². The summed E-state index contributed by atoms with van der Waals surface area (Å²) in [6, 6.07) is 5.73. The van der Waals surface area contributed by atoms with Gasteiger partial charge < -0.3 is 15.2 Å². The van der Waals surface area contributed by atoms with Crippen LogP contribution in [0.15, 0.2) is 18.2 Å². The maximum absolute atomic E-state index is 5.91. The smallest absolute Gasteiger partial charge is 0.161 e. The summed E-state index contributed by atoms with van der Waals surface area (Å²) in [5.74, 6) is 2.63. The predicted octanol–water partition coefficient (Wildman–Crippen LogP) is 2.50. The molecule has 104 valence electrons. The van der Waals surface area contributed by atoms with Gasteiger partial charge in [-0.3, -0.25) is 0 Å². The van der Waals surface area contributed by atoms with Crippen molar-refractivity contribution in [1.29, 1.82) is 0 Å². The Labute approximate surface area is 117 Å². The van der Waals surface area contributed by atoms with Crippen molar-refractivity contribution in [3.8, 4) is 22.9 Å². The minimum Gasteiger partial charge on any atom is -0.490 e. The molecule has 1 aromatic carbocycles. The number of nitrogens with zero attached hydrogens (tertiary/aromatic N) is 2. The minimum absolute atomic E-state index is 0.514. The highest BCUT2D eigenvalue weighted by molar-refractivity contribution is 5.63. The molecule has 0 unspecified atom stereocenters. The summed E-state index contributed by atoms with van der Waals surface area (Å²) < 4.78 is 11.3. The van der Waals surface area contributed by atoms with Gasteiger partial charge in [0.05, 0.1) is 13.2 Å². The van der Waals surface area contributed by atoms with Crippen LogP contribution in [-0.2, 0) is 0 Å². The van der Waals surface area contributed by atoms with Crippen molar-refractivity contribution in [3.05, 3.63) is 29.5 Å². The van der Waals surface area contributed by atoms with Gasteiger partial charge in [-0.1, -0.05) is 0 Å². The molecule has 0 amide bonds. The standard InChI is InChI=1S/C15H17N3O2/c1-9-10(2)17-15(18-14(9)16)11-4-5-12-13(8-11)20-7-3-6-19-12/h4-5,8H,3,6-7H2,1-2H3,(H2,16,17,18). The molecule has 2 N–H and O–H groups in total. The second-order valence-corrected chi connectivity index (χ2v) is 4.85. The molecule has 2 heterocycles. The molecule has 0 aliphatic carbocycles. The highest BCUT2D eigenvalue weighted by Crippen LogP contribution is 2.33. The third-order valence-electron chi connectivity index (χ3n) is 3.43.